The van der Waals surface area contributed by atoms with Crippen molar-refractivity contribution < 1.29 is 9.90 Å². The fraction of sp³-hybridized carbons (Fsp3) is 0.179. The number of hydrogen-bond donors (Lipinski definition) is 2. The fourth-order valence-corrected chi connectivity index (χ4v) is 4.98. The van der Waals surface area contributed by atoms with Gasteiger partial charge in [0.25, 0.3) is 0 Å². The van der Waals surface area contributed by atoms with Gasteiger partial charge in [-0.3, -0.25) is 9.13 Å². The summed E-state index contributed by atoms with van der Waals surface area (Å²) in [5.74, 6) is -1.10. The lowest BCUT2D eigenvalue weighted by Gasteiger charge is -2.16. The summed E-state index contributed by atoms with van der Waals surface area (Å²) in [6.45, 7) is 3.96. The molecule has 5 aromatic rings. The maximum atomic E-state index is 14.0. The van der Waals surface area contributed by atoms with Crippen LogP contribution in [0.15, 0.2) is 77.7 Å². The molecule has 0 aliphatic rings. The minimum Gasteiger partial charge on any atom is -0.480 e. The molecule has 0 saturated carbocycles. The Labute approximate surface area is 201 Å². The molecular formula is C28H24N4O3. The molecular weight excluding hydrogens is 440 g/mol. The van der Waals surface area contributed by atoms with Gasteiger partial charge in [-0.1, -0.05) is 42.5 Å². The summed E-state index contributed by atoms with van der Waals surface area (Å²) in [5, 5.41) is 20.7. The first-order valence-corrected chi connectivity index (χ1v) is 11.4. The van der Waals surface area contributed by atoms with Crippen molar-refractivity contribution in [2.24, 2.45) is 0 Å². The number of rotatable bonds is 6. The van der Waals surface area contributed by atoms with E-state index in [2.05, 4.69) is 11.1 Å². The van der Waals surface area contributed by atoms with E-state index >= 15 is 0 Å². The van der Waals surface area contributed by atoms with Gasteiger partial charge in [0.05, 0.1) is 28.7 Å². The highest BCUT2D eigenvalue weighted by Crippen LogP contribution is 2.32. The standard InChI is InChI=1S/C28H24N4O3/c1-17-7-6-10-22-26(17)21(16-30-22)18(2)31-23-12-11-20(15-29)14-24(23)32(28(31)35)25(27(33)34)13-19-8-4-3-5-9-19/h3-12,14,16,18,25,30H,13H2,1-2H3,(H,33,34). The molecule has 0 aliphatic heterocycles. The predicted octanol–water partition coefficient (Wildman–Crippen LogP) is 4.94. The minimum atomic E-state index is -1.13. The lowest BCUT2D eigenvalue weighted by Crippen LogP contribution is -2.33. The number of carboxylic acid groups (broad SMARTS) is 1. The average molecular weight is 465 g/mol. The van der Waals surface area contributed by atoms with Gasteiger partial charge in [0.1, 0.15) is 6.04 Å². The van der Waals surface area contributed by atoms with Crippen molar-refractivity contribution in [2.75, 3.05) is 0 Å². The Hall–Kier alpha value is -4.57. The van der Waals surface area contributed by atoms with Crippen LogP contribution in [-0.4, -0.2) is 25.2 Å². The number of imidazole rings is 1. The zero-order valence-corrected chi connectivity index (χ0v) is 19.4. The van der Waals surface area contributed by atoms with Crippen molar-refractivity contribution in [2.45, 2.75) is 32.4 Å². The second-order valence-corrected chi connectivity index (χ2v) is 8.80. The summed E-state index contributed by atoms with van der Waals surface area (Å²) in [6.07, 6.45) is 2.05. The highest BCUT2D eigenvalue weighted by atomic mass is 16.4. The maximum Gasteiger partial charge on any atom is 0.330 e. The normalized spacial score (nSPS) is 13.1. The Morgan fingerprint density at radius 1 is 1.06 bits per heavy atom. The van der Waals surface area contributed by atoms with Gasteiger partial charge >= 0.3 is 11.7 Å². The van der Waals surface area contributed by atoms with E-state index < -0.39 is 17.7 Å². The summed E-state index contributed by atoms with van der Waals surface area (Å²) >= 11 is 0. The summed E-state index contributed by atoms with van der Waals surface area (Å²) < 4.78 is 2.95. The summed E-state index contributed by atoms with van der Waals surface area (Å²) in [6, 6.07) is 20.8. The van der Waals surface area contributed by atoms with Crippen LogP contribution in [0, 0.1) is 18.3 Å². The fourth-order valence-electron chi connectivity index (χ4n) is 4.98. The van der Waals surface area contributed by atoms with Crippen LogP contribution in [0.3, 0.4) is 0 Å². The van der Waals surface area contributed by atoms with Gasteiger partial charge in [0, 0.05) is 29.1 Å². The largest absolute Gasteiger partial charge is 0.480 e. The molecule has 0 aliphatic carbocycles. The Bertz CT molecular complexity index is 1670. The average Bonchev–Trinajstić information content (AvgIpc) is 3.42. The van der Waals surface area contributed by atoms with Crippen molar-refractivity contribution in [3.8, 4) is 6.07 Å². The van der Waals surface area contributed by atoms with Crippen LogP contribution in [0.2, 0.25) is 0 Å². The van der Waals surface area contributed by atoms with E-state index in [0.29, 0.717) is 16.6 Å². The maximum absolute atomic E-state index is 14.0. The molecule has 35 heavy (non-hydrogen) atoms. The zero-order valence-electron chi connectivity index (χ0n) is 19.4. The molecule has 0 saturated heterocycles. The van der Waals surface area contributed by atoms with Crippen molar-refractivity contribution in [1.29, 1.82) is 5.26 Å². The number of H-pyrrole nitrogens is 1. The Morgan fingerprint density at radius 2 is 1.83 bits per heavy atom. The third-order valence-electron chi connectivity index (χ3n) is 6.69. The number of nitriles is 1. The third-order valence-corrected chi connectivity index (χ3v) is 6.69. The van der Waals surface area contributed by atoms with E-state index in [1.54, 1.807) is 22.8 Å². The molecule has 3 aromatic carbocycles. The van der Waals surface area contributed by atoms with Crippen LogP contribution in [0.5, 0.6) is 0 Å². The molecule has 2 unspecified atom stereocenters. The second kappa shape index (κ2) is 8.65. The van der Waals surface area contributed by atoms with Crippen molar-refractivity contribution in [3.05, 3.63) is 106 Å². The molecule has 2 atom stereocenters. The molecule has 0 spiro atoms. The number of carboxylic acids is 1. The first-order chi connectivity index (χ1) is 16.9. The smallest absolute Gasteiger partial charge is 0.330 e. The minimum absolute atomic E-state index is 0.145. The van der Waals surface area contributed by atoms with Crippen LogP contribution in [0.25, 0.3) is 21.9 Å². The quantitative estimate of drug-likeness (QED) is 0.371. The van der Waals surface area contributed by atoms with Crippen LogP contribution < -0.4 is 5.69 Å². The Morgan fingerprint density at radius 3 is 2.54 bits per heavy atom. The molecule has 7 nitrogen and oxygen atoms in total. The number of nitrogens with one attached hydrogen (secondary N) is 1. The number of nitrogens with zero attached hydrogens (tertiary/aromatic N) is 3. The molecule has 0 fully saturated rings. The first-order valence-electron chi connectivity index (χ1n) is 11.4. The van der Waals surface area contributed by atoms with Crippen molar-refractivity contribution in [3.63, 3.8) is 0 Å². The second-order valence-electron chi connectivity index (χ2n) is 8.80. The molecule has 0 radical (unpaired) electrons. The number of aromatic amines is 1. The van der Waals surface area contributed by atoms with E-state index in [9.17, 15) is 20.0 Å². The molecule has 2 aromatic heterocycles. The number of fused-ring (bicyclic) bond motifs is 2. The number of aryl methyl sites for hydroxylation is 1. The van der Waals surface area contributed by atoms with Gasteiger partial charge in [-0.05, 0) is 49.2 Å². The highest BCUT2D eigenvalue weighted by molar-refractivity contribution is 5.87. The molecule has 5 rings (SSSR count). The van der Waals surface area contributed by atoms with Gasteiger partial charge in [-0.2, -0.15) is 5.26 Å². The monoisotopic (exact) mass is 464 g/mol. The number of carbonyl (C=O) groups is 1. The lowest BCUT2D eigenvalue weighted by atomic mass is 10.0. The summed E-state index contributed by atoms with van der Waals surface area (Å²) in [7, 11) is 0. The number of aromatic nitrogens is 3. The molecule has 2 N–H and O–H groups in total. The SMILES string of the molecule is Cc1cccc2[nH]cc(C(C)n3c(=O)n(C(Cc4ccccc4)C(=O)O)c4cc(C#N)ccc43)c12. The van der Waals surface area contributed by atoms with Crippen LogP contribution in [-0.2, 0) is 11.2 Å². The van der Waals surface area contributed by atoms with Gasteiger partial charge in [0.2, 0.25) is 0 Å². The highest BCUT2D eigenvalue weighted by Gasteiger charge is 2.29. The third kappa shape index (κ3) is 3.69. The molecule has 7 heteroatoms. The number of hydrogen-bond acceptors (Lipinski definition) is 3. The molecule has 174 valence electrons. The molecule has 0 amide bonds. The molecule has 0 bridgehead atoms. The van der Waals surface area contributed by atoms with Gasteiger partial charge in [-0.15, -0.1) is 0 Å². The van der Waals surface area contributed by atoms with Crippen LogP contribution in [0.1, 0.15) is 41.3 Å². The predicted molar refractivity (Wildman–Crippen MR) is 135 cm³/mol. The van der Waals surface area contributed by atoms with Gasteiger partial charge in [0.15, 0.2) is 0 Å². The number of benzene rings is 3. The van der Waals surface area contributed by atoms with E-state index in [1.807, 2.05) is 68.6 Å². The Kier molecular flexibility index (Phi) is 5.50. The van der Waals surface area contributed by atoms with E-state index in [0.717, 1.165) is 27.6 Å². The van der Waals surface area contributed by atoms with E-state index in [-0.39, 0.29) is 12.5 Å². The van der Waals surface area contributed by atoms with Crippen molar-refractivity contribution >= 4 is 27.9 Å². The summed E-state index contributed by atoms with van der Waals surface area (Å²) in [4.78, 5) is 29.7. The number of aliphatic carboxylic acids is 1. The van der Waals surface area contributed by atoms with Gasteiger partial charge in [-0.25, -0.2) is 9.59 Å². The van der Waals surface area contributed by atoms with Gasteiger partial charge < -0.3 is 10.1 Å². The van der Waals surface area contributed by atoms with Crippen LogP contribution >= 0.6 is 0 Å². The van der Waals surface area contributed by atoms with E-state index in [1.165, 1.54) is 4.57 Å². The zero-order chi connectivity index (χ0) is 24.7. The topological polar surface area (TPSA) is 104 Å². The van der Waals surface area contributed by atoms with Crippen LogP contribution in [0.4, 0.5) is 0 Å². The first kappa shape index (κ1) is 22.2. The van der Waals surface area contributed by atoms with E-state index in [4.69, 9.17) is 0 Å². The molecule has 2 heterocycles. The van der Waals surface area contributed by atoms with Crippen molar-refractivity contribution in [1.82, 2.24) is 14.1 Å². The Balaban J connectivity index is 1.75. The lowest BCUT2D eigenvalue weighted by molar-refractivity contribution is -0.140. The summed E-state index contributed by atoms with van der Waals surface area (Å²) in [5.41, 5.74) is 4.77.